The number of carbonyl (C=O) groups is 2. The molecule has 0 spiro atoms. The molecular weight excluding hydrogens is 278 g/mol. The highest BCUT2D eigenvalue weighted by molar-refractivity contribution is 6.30. The first-order chi connectivity index (χ1) is 9.38. The number of hydrogen-bond acceptors (Lipinski definition) is 2. The number of aliphatic carboxylic acids is 1. The quantitative estimate of drug-likeness (QED) is 0.821. The molecule has 1 amide bonds. The third-order valence-corrected chi connectivity index (χ3v) is 2.76. The number of benzene rings is 1. The van der Waals surface area contributed by atoms with Gasteiger partial charge in [-0.25, -0.2) is 0 Å². The summed E-state index contributed by atoms with van der Waals surface area (Å²) in [5, 5.41) is 9.45. The van der Waals surface area contributed by atoms with E-state index in [0.29, 0.717) is 11.6 Å². The summed E-state index contributed by atoms with van der Waals surface area (Å²) >= 11 is 5.77. The molecule has 1 N–H and O–H groups in total. The molecule has 0 saturated carbocycles. The van der Waals surface area contributed by atoms with Crippen molar-refractivity contribution < 1.29 is 14.7 Å². The van der Waals surface area contributed by atoms with Crippen molar-refractivity contribution in [3.63, 3.8) is 0 Å². The molecule has 1 rings (SSSR count). The number of carboxylic acid groups (broad SMARTS) is 1. The topological polar surface area (TPSA) is 57.6 Å². The van der Waals surface area contributed by atoms with Gasteiger partial charge in [-0.05, 0) is 29.7 Å². The molecule has 0 radical (unpaired) electrons. The van der Waals surface area contributed by atoms with E-state index in [1.54, 1.807) is 30.3 Å². The SMILES string of the molecule is CC(C)CN(CC(=O)O)C(=O)C=Cc1ccc(Cl)cc1. The fraction of sp³-hybridized carbons (Fsp3) is 0.333. The Morgan fingerprint density at radius 1 is 1.30 bits per heavy atom. The highest BCUT2D eigenvalue weighted by atomic mass is 35.5. The average Bonchev–Trinajstić information content (AvgIpc) is 2.36. The lowest BCUT2D eigenvalue weighted by molar-refractivity contribution is -0.143. The van der Waals surface area contributed by atoms with Crippen LogP contribution in [0.15, 0.2) is 30.3 Å². The number of rotatable bonds is 6. The van der Waals surface area contributed by atoms with Gasteiger partial charge in [-0.15, -0.1) is 0 Å². The normalized spacial score (nSPS) is 11.0. The largest absolute Gasteiger partial charge is 0.480 e. The number of nitrogens with zero attached hydrogens (tertiary/aromatic N) is 1. The molecule has 0 fully saturated rings. The second kappa shape index (κ2) is 7.70. The molecule has 0 unspecified atom stereocenters. The highest BCUT2D eigenvalue weighted by Gasteiger charge is 2.15. The maximum Gasteiger partial charge on any atom is 0.323 e. The summed E-state index contributed by atoms with van der Waals surface area (Å²) in [6.07, 6.45) is 3.03. The molecule has 0 saturated heterocycles. The van der Waals surface area contributed by atoms with Crippen LogP contribution in [0.25, 0.3) is 6.08 Å². The molecule has 0 atom stereocenters. The van der Waals surface area contributed by atoms with Crippen molar-refractivity contribution >= 4 is 29.6 Å². The molecule has 108 valence electrons. The van der Waals surface area contributed by atoms with Gasteiger partial charge < -0.3 is 10.0 Å². The van der Waals surface area contributed by atoms with Crippen LogP contribution in [0.4, 0.5) is 0 Å². The smallest absolute Gasteiger partial charge is 0.323 e. The number of halogens is 1. The van der Waals surface area contributed by atoms with E-state index < -0.39 is 5.97 Å². The van der Waals surface area contributed by atoms with Crippen molar-refractivity contribution in [2.75, 3.05) is 13.1 Å². The van der Waals surface area contributed by atoms with E-state index >= 15 is 0 Å². The van der Waals surface area contributed by atoms with Crippen LogP contribution < -0.4 is 0 Å². The monoisotopic (exact) mass is 295 g/mol. The van der Waals surface area contributed by atoms with Gasteiger partial charge in [0.1, 0.15) is 6.54 Å². The zero-order valence-electron chi connectivity index (χ0n) is 11.5. The summed E-state index contributed by atoms with van der Waals surface area (Å²) in [6.45, 7) is 3.99. The fourth-order valence-corrected chi connectivity index (χ4v) is 1.81. The van der Waals surface area contributed by atoms with Crippen LogP contribution in [0.1, 0.15) is 19.4 Å². The molecule has 1 aromatic carbocycles. The molecule has 20 heavy (non-hydrogen) atoms. The average molecular weight is 296 g/mol. The standard InChI is InChI=1S/C15H18ClNO3/c1-11(2)9-17(10-15(19)20)14(18)8-5-12-3-6-13(16)7-4-12/h3-8,11H,9-10H2,1-2H3,(H,19,20). The van der Waals surface area contributed by atoms with Gasteiger partial charge in [-0.1, -0.05) is 37.6 Å². The van der Waals surface area contributed by atoms with E-state index in [1.807, 2.05) is 13.8 Å². The Balaban J connectivity index is 2.73. The molecule has 0 aliphatic rings. The zero-order valence-corrected chi connectivity index (χ0v) is 12.3. The third-order valence-electron chi connectivity index (χ3n) is 2.51. The fourth-order valence-electron chi connectivity index (χ4n) is 1.68. The van der Waals surface area contributed by atoms with Crippen LogP contribution >= 0.6 is 11.6 Å². The Labute approximate surface area is 123 Å². The van der Waals surface area contributed by atoms with Crippen molar-refractivity contribution in [3.05, 3.63) is 40.9 Å². The van der Waals surface area contributed by atoms with Crippen molar-refractivity contribution in [2.24, 2.45) is 5.92 Å². The molecule has 0 heterocycles. The predicted octanol–water partition coefficient (Wildman–Crippen LogP) is 2.92. The van der Waals surface area contributed by atoms with Gasteiger partial charge in [0.25, 0.3) is 0 Å². The van der Waals surface area contributed by atoms with Crippen molar-refractivity contribution in [1.82, 2.24) is 4.90 Å². The number of carbonyl (C=O) groups excluding carboxylic acids is 1. The third kappa shape index (κ3) is 5.89. The molecular formula is C15H18ClNO3. The maximum atomic E-state index is 12.0. The second-order valence-corrected chi connectivity index (χ2v) is 5.33. The summed E-state index contributed by atoms with van der Waals surface area (Å²) in [5.74, 6) is -1.11. The van der Waals surface area contributed by atoms with Crippen LogP contribution in [-0.4, -0.2) is 35.0 Å². The summed E-state index contributed by atoms with van der Waals surface area (Å²) in [7, 11) is 0. The van der Waals surface area contributed by atoms with Crippen LogP contribution in [0.5, 0.6) is 0 Å². The van der Waals surface area contributed by atoms with E-state index in [2.05, 4.69) is 0 Å². The van der Waals surface area contributed by atoms with Gasteiger partial charge >= 0.3 is 5.97 Å². The van der Waals surface area contributed by atoms with Crippen molar-refractivity contribution in [2.45, 2.75) is 13.8 Å². The molecule has 0 aromatic heterocycles. The van der Waals surface area contributed by atoms with Crippen LogP contribution in [-0.2, 0) is 9.59 Å². The summed E-state index contributed by atoms with van der Waals surface area (Å²) in [6, 6.07) is 7.04. The predicted molar refractivity (Wildman–Crippen MR) is 79.5 cm³/mol. The molecule has 4 nitrogen and oxygen atoms in total. The van der Waals surface area contributed by atoms with Gasteiger partial charge in [-0.2, -0.15) is 0 Å². The number of carboxylic acids is 1. The van der Waals surface area contributed by atoms with Crippen LogP contribution in [0.2, 0.25) is 5.02 Å². The molecule has 5 heteroatoms. The summed E-state index contributed by atoms with van der Waals surface area (Å²) < 4.78 is 0. The Morgan fingerprint density at radius 3 is 2.40 bits per heavy atom. The van der Waals surface area contributed by atoms with Crippen LogP contribution in [0, 0.1) is 5.92 Å². The Bertz CT molecular complexity index is 494. The zero-order chi connectivity index (χ0) is 15.1. The van der Waals surface area contributed by atoms with Gasteiger partial charge in [0, 0.05) is 17.6 Å². The van der Waals surface area contributed by atoms with Gasteiger partial charge in [0.2, 0.25) is 5.91 Å². The summed E-state index contributed by atoms with van der Waals surface area (Å²) in [4.78, 5) is 24.1. The van der Waals surface area contributed by atoms with E-state index in [4.69, 9.17) is 16.7 Å². The van der Waals surface area contributed by atoms with Crippen molar-refractivity contribution in [3.8, 4) is 0 Å². The Kier molecular flexibility index (Phi) is 6.25. The summed E-state index contributed by atoms with van der Waals surface area (Å²) in [5.41, 5.74) is 0.836. The van der Waals surface area contributed by atoms with Gasteiger partial charge in [0.05, 0.1) is 0 Å². The lowest BCUT2D eigenvalue weighted by Gasteiger charge is -2.21. The highest BCUT2D eigenvalue weighted by Crippen LogP contribution is 2.11. The minimum Gasteiger partial charge on any atom is -0.480 e. The molecule has 0 aliphatic carbocycles. The van der Waals surface area contributed by atoms with E-state index in [0.717, 1.165) is 5.56 Å². The maximum absolute atomic E-state index is 12.0. The molecule has 1 aromatic rings. The number of amides is 1. The first-order valence-corrected chi connectivity index (χ1v) is 6.70. The van der Waals surface area contributed by atoms with E-state index in [9.17, 15) is 9.59 Å². The minimum atomic E-state index is -1.01. The van der Waals surface area contributed by atoms with Crippen molar-refractivity contribution in [1.29, 1.82) is 0 Å². The van der Waals surface area contributed by atoms with E-state index in [-0.39, 0.29) is 18.4 Å². The first kappa shape index (κ1) is 16.2. The Morgan fingerprint density at radius 2 is 1.90 bits per heavy atom. The second-order valence-electron chi connectivity index (χ2n) is 4.89. The lowest BCUT2D eigenvalue weighted by atomic mass is 10.2. The van der Waals surface area contributed by atoms with E-state index in [1.165, 1.54) is 11.0 Å². The molecule has 0 aliphatic heterocycles. The minimum absolute atomic E-state index is 0.210. The first-order valence-electron chi connectivity index (χ1n) is 6.33. The van der Waals surface area contributed by atoms with Gasteiger partial charge in [-0.3, -0.25) is 9.59 Å². The van der Waals surface area contributed by atoms with Crippen LogP contribution in [0.3, 0.4) is 0 Å². The number of hydrogen-bond donors (Lipinski definition) is 1. The van der Waals surface area contributed by atoms with Gasteiger partial charge in [0.15, 0.2) is 0 Å². The lowest BCUT2D eigenvalue weighted by Crippen LogP contribution is -2.37. The molecule has 0 bridgehead atoms. The Hall–Kier alpha value is -1.81.